The van der Waals surface area contributed by atoms with Gasteiger partial charge in [-0.15, -0.1) is 0 Å². The summed E-state index contributed by atoms with van der Waals surface area (Å²) in [5, 5.41) is 7.26. The third-order valence-electron chi connectivity index (χ3n) is 9.29. The summed E-state index contributed by atoms with van der Waals surface area (Å²) < 4.78 is 4.66. The first kappa shape index (κ1) is 25.1. The summed E-state index contributed by atoms with van der Waals surface area (Å²) in [6.07, 6.45) is 0. The summed E-state index contributed by atoms with van der Waals surface area (Å²) in [6, 6.07) is 55.9. The van der Waals surface area contributed by atoms with Crippen LogP contribution in [0.25, 0.3) is 88.4 Å². The second-order valence-electron chi connectivity index (χ2n) is 11.9. The first-order valence-corrected chi connectivity index (χ1v) is 15.6. The average molecular weight is 587 g/mol. The Bertz CT molecular complexity index is 2730. The van der Waals surface area contributed by atoms with E-state index in [2.05, 4.69) is 155 Å². The summed E-state index contributed by atoms with van der Waals surface area (Å²) in [6.45, 7) is 0. The van der Waals surface area contributed by atoms with Crippen molar-refractivity contribution in [3.05, 3.63) is 158 Å². The number of hydrogen-bond acceptors (Lipinski definition) is 2. The molecular formula is C42H26N4. The van der Waals surface area contributed by atoms with E-state index in [-0.39, 0.29) is 0 Å². The maximum atomic E-state index is 5.24. The van der Waals surface area contributed by atoms with Crippen molar-refractivity contribution in [3.8, 4) is 28.5 Å². The number of fused-ring (bicyclic) bond motifs is 11. The molecule has 0 atom stereocenters. The van der Waals surface area contributed by atoms with Gasteiger partial charge in [0.25, 0.3) is 0 Å². The van der Waals surface area contributed by atoms with Gasteiger partial charge in [0.2, 0.25) is 5.95 Å². The minimum Gasteiger partial charge on any atom is -0.309 e. The highest BCUT2D eigenvalue weighted by atomic mass is 15.2. The third kappa shape index (κ3) is 3.61. The van der Waals surface area contributed by atoms with E-state index in [4.69, 9.17) is 9.97 Å². The van der Waals surface area contributed by atoms with Gasteiger partial charge in [0, 0.05) is 38.1 Å². The average Bonchev–Trinajstić information content (AvgIpc) is 3.68. The molecule has 0 aliphatic rings. The van der Waals surface area contributed by atoms with Crippen molar-refractivity contribution in [1.82, 2.24) is 18.9 Å². The fourth-order valence-corrected chi connectivity index (χ4v) is 7.22. The Morgan fingerprint density at radius 3 is 1.59 bits per heavy atom. The zero-order chi connectivity index (χ0) is 30.2. The van der Waals surface area contributed by atoms with E-state index in [1.807, 2.05) is 12.1 Å². The van der Waals surface area contributed by atoms with Crippen LogP contribution in [0.15, 0.2) is 158 Å². The van der Waals surface area contributed by atoms with Crippen LogP contribution < -0.4 is 0 Å². The highest BCUT2D eigenvalue weighted by molar-refractivity contribution is 6.22. The van der Waals surface area contributed by atoms with Gasteiger partial charge in [-0.1, -0.05) is 115 Å². The van der Waals surface area contributed by atoms with Crippen LogP contribution >= 0.6 is 0 Å². The lowest BCUT2D eigenvalue weighted by molar-refractivity contribution is 0.996. The van der Waals surface area contributed by atoms with Crippen LogP contribution in [0.5, 0.6) is 0 Å². The molecule has 6 aromatic carbocycles. The van der Waals surface area contributed by atoms with Gasteiger partial charge in [0.15, 0.2) is 0 Å². The monoisotopic (exact) mass is 586 g/mol. The SMILES string of the molecule is c1ccc(-c2cc(-c3ccccc3)nc(-n3c4ccccc4c4cc5c(cc43)c3ccccc3n3c4ccccc4cc53)n2)cc1. The molecule has 4 heterocycles. The number of nitrogens with zero attached hydrogens (tertiary/aromatic N) is 4. The number of aromatic nitrogens is 4. The fourth-order valence-electron chi connectivity index (χ4n) is 7.22. The largest absolute Gasteiger partial charge is 0.309 e. The molecule has 10 aromatic rings. The molecule has 0 aliphatic carbocycles. The maximum Gasteiger partial charge on any atom is 0.235 e. The minimum absolute atomic E-state index is 0.657. The van der Waals surface area contributed by atoms with E-state index in [9.17, 15) is 0 Å². The summed E-state index contributed by atoms with van der Waals surface area (Å²) in [4.78, 5) is 10.5. The lowest BCUT2D eigenvalue weighted by Crippen LogP contribution is -2.04. The molecule has 0 saturated heterocycles. The van der Waals surface area contributed by atoms with Crippen molar-refractivity contribution >= 4 is 59.9 Å². The van der Waals surface area contributed by atoms with Gasteiger partial charge in [-0.2, -0.15) is 0 Å². The standard InChI is InChI=1S/C42H26N4/c1-3-13-27(14-4-1)35-26-36(28-15-5-2-6-16-28)44-42(43-35)46-39-22-12-9-19-31(39)33-24-34-32(25-41(33)46)30-18-8-11-21-38(30)45-37-20-10-7-17-29(37)23-40(34)45/h1-26H. The molecule has 0 bridgehead atoms. The van der Waals surface area contributed by atoms with E-state index in [0.29, 0.717) is 5.95 Å². The van der Waals surface area contributed by atoms with E-state index in [1.54, 1.807) is 0 Å². The van der Waals surface area contributed by atoms with Crippen molar-refractivity contribution in [2.75, 3.05) is 0 Å². The van der Waals surface area contributed by atoms with Gasteiger partial charge in [0.1, 0.15) is 0 Å². The Labute approximate surface area is 264 Å². The van der Waals surface area contributed by atoms with Gasteiger partial charge < -0.3 is 4.40 Å². The molecule has 4 heteroatoms. The van der Waals surface area contributed by atoms with Crippen molar-refractivity contribution in [2.24, 2.45) is 0 Å². The number of para-hydroxylation sites is 3. The number of hydrogen-bond donors (Lipinski definition) is 0. The van der Waals surface area contributed by atoms with Crippen LogP contribution in [0.2, 0.25) is 0 Å². The predicted molar refractivity (Wildman–Crippen MR) is 191 cm³/mol. The van der Waals surface area contributed by atoms with Crippen LogP contribution in [-0.4, -0.2) is 18.9 Å². The first-order valence-electron chi connectivity index (χ1n) is 15.6. The predicted octanol–water partition coefficient (Wildman–Crippen LogP) is 10.6. The third-order valence-corrected chi connectivity index (χ3v) is 9.29. The summed E-state index contributed by atoms with van der Waals surface area (Å²) in [5.41, 5.74) is 9.70. The quantitative estimate of drug-likeness (QED) is 0.193. The molecule has 0 saturated carbocycles. The van der Waals surface area contributed by atoms with Gasteiger partial charge in [-0.3, -0.25) is 4.57 Å². The molecule has 0 amide bonds. The number of pyridine rings is 1. The Morgan fingerprint density at radius 1 is 0.348 bits per heavy atom. The lowest BCUT2D eigenvalue weighted by atomic mass is 10.0. The molecule has 0 unspecified atom stereocenters. The molecule has 10 rings (SSSR count). The summed E-state index contributed by atoms with van der Waals surface area (Å²) >= 11 is 0. The van der Waals surface area contributed by atoms with Crippen molar-refractivity contribution < 1.29 is 0 Å². The molecule has 46 heavy (non-hydrogen) atoms. The van der Waals surface area contributed by atoms with Gasteiger partial charge in [0.05, 0.1) is 39.0 Å². The molecule has 0 spiro atoms. The molecule has 214 valence electrons. The second-order valence-corrected chi connectivity index (χ2v) is 11.9. The van der Waals surface area contributed by atoms with E-state index >= 15 is 0 Å². The molecule has 0 aliphatic heterocycles. The van der Waals surface area contributed by atoms with Crippen LogP contribution in [-0.2, 0) is 0 Å². The lowest BCUT2D eigenvalue weighted by Gasteiger charge is -2.13. The molecule has 0 radical (unpaired) electrons. The first-order chi connectivity index (χ1) is 22.8. The maximum absolute atomic E-state index is 5.24. The van der Waals surface area contributed by atoms with Crippen LogP contribution in [0, 0.1) is 0 Å². The van der Waals surface area contributed by atoms with E-state index in [1.165, 1.54) is 48.9 Å². The van der Waals surface area contributed by atoms with Crippen LogP contribution in [0.3, 0.4) is 0 Å². The number of rotatable bonds is 3. The highest BCUT2D eigenvalue weighted by Gasteiger charge is 2.20. The topological polar surface area (TPSA) is 35.1 Å². The number of benzene rings is 6. The molecule has 0 fully saturated rings. The molecule has 4 aromatic heterocycles. The zero-order valence-corrected chi connectivity index (χ0v) is 24.8. The van der Waals surface area contributed by atoms with Gasteiger partial charge in [-0.05, 0) is 47.9 Å². The summed E-state index contributed by atoms with van der Waals surface area (Å²) in [5.74, 6) is 0.657. The van der Waals surface area contributed by atoms with Crippen molar-refractivity contribution in [3.63, 3.8) is 0 Å². The molecular weight excluding hydrogens is 560 g/mol. The Morgan fingerprint density at radius 2 is 0.891 bits per heavy atom. The zero-order valence-electron chi connectivity index (χ0n) is 24.8. The Balaban J connectivity index is 1.36. The highest BCUT2D eigenvalue weighted by Crippen LogP contribution is 2.40. The fraction of sp³-hybridized carbons (Fsp3) is 0. The van der Waals surface area contributed by atoms with Crippen LogP contribution in [0.4, 0.5) is 0 Å². The van der Waals surface area contributed by atoms with E-state index < -0.39 is 0 Å². The van der Waals surface area contributed by atoms with E-state index in [0.717, 1.165) is 33.5 Å². The summed E-state index contributed by atoms with van der Waals surface area (Å²) in [7, 11) is 0. The van der Waals surface area contributed by atoms with Crippen LogP contribution in [0.1, 0.15) is 0 Å². The normalized spacial score (nSPS) is 11.9. The minimum atomic E-state index is 0.657. The van der Waals surface area contributed by atoms with Crippen molar-refractivity contribution in [1.29, 1.82) is 0 Å². The van der Waals surface area contributed by atoms with Crippen molar-refractivity contribution in [2.45, 2.75) is 0 Å². The smallest absolute Gasteiger partial charge is 0.235 e. The Kier molecular flexibility index (Phi) is 5.25. The second kappa shape index (κ2) is 9.62. The van der Waals surface area contributed by atoms with Gasteiger partial charge >= 0.3 is 0 Å². The Hall–Kier alpha value is -6.26. The van der Waals surface area contributed by atoms with Gasteiger partial charge in [-0.25, -0.2) is 9.97 Å². The molecule has 0 N–H and O–H groups in total. The molecule has 4 nitrogen and oxygen atoms in total.